The summed E-state index contributed by atoms with van der Waals surface area (Å²) in [6, 6.07) is 6.56. The Labute approximate surface area is 143 Å². The molecule has 132 valence electrons. The lowest BCUT2D eigenvalue weighted by molar-refractivity contribution is -0.132. The number of ether oxygens (including phenoxy) is 1. The second-order valence-electron chi connectivity index (χ2n) is 6.58. The Balaban J connectivity index is 1.42. The molecule has 2 aliphatic heterocycles. The summed E-state index contributed by atoms with van der Waals surface area (Å²) in [6.45, 7) is 8.52. The lowest BCUT2D eigenvalue weighted by Crippen LogP contribution is -2.49. The van der Waals surface area contributed by atoms with Crippen molar-refractivity contribution in [2.45, 2.75) is 19.4 Å². The number of rotatable bonds is 4. The normalized spacial score (nSPS) is 22.7. The van der Waals surface area contributed by atoms with Crippen LogP contribution in [0.25, 0.3) is 0 Å². The summed E-state index contributed by atoms with van der Waals surface area (Å²) in [4.78, 5) is 18.9. The first-order valence-electron chi connectivity index (χ1n) is 8.74. The predicted molar refractivity (Wildman–Crippen MR) is 91.7 cm³/mol. The van der Waals surface area contributed by atoms with Crippen LogP contribution >= 0.6 is 0 Å². The number of carbonyl (C=O) groups excluding carboxylic acids is 1. The largest absolute Gasteiger partial charge is 0.376 e. The van der Waals surface area contributed by atoms with Gasteiger partial charge in [0, 0.05) is 57.9 Å². The first kappa shape index (κ1) is 17.2. The SMILES string of the molecule is CC1CN(CCC(=O)N2CCN(c3ccc(F)cc3)CC2)CCO1. The third-order valence-electron chi connectivity index (χ3n) is 4.79. The van der Waals surface area contributed by atoms with Crippen LogP contribution in [0, 0.1) is 5.82 Å². The molecule has 0 bridgehead atoms. The van der Waals surface area contributed by atoms with E-state index in [9.17, 15) is 9.18 Å². The van der Waals surface area contributed by atoms with Crippen molar-refractivity contribution < 1.29 is 13.9 Å². The number of benzene rings is 1. The van der Waals surface area contributed by atoms with Gasteiger partial charge in [0.15, 0.2) is 0 Å². The Morgan fingerprint density at radius 1 is 1.17 bits per heavy atom. The van der Waals surface area contributed by atoms with Gasteiger partial charge in [-0.3, -0.25) is 9.69 Å². The second kappa shape index (κ2) is 7.94. The van der Waals surface area contributed by atoms with Gasteiger partial charge in [-0.2, -0.15) is 0 Å². The molecule has 1 unspecified atom stereocenters. The van der Waals surface area contributed by atoms with Gasteiger partial charge >= 0.3 is 0 Å². The summed E-state index contributed by atoms with van der Waals surface area (Å²) in [7, 11) is 0. The van der Waals surface area contributed by atoms with Crippen LogP contribution in [0.15, 0.2) is 24.3 Å². The minimum absolute atomic E-state index is 0.218. The molecule has 2 saturated heterocycles. The molecular formula is C18H26FN3O2. The van der Waals surface area contributed by atoms with E-state index in [0.29, 0.717) is 6.42 Å². The van der Waals surface area contributed by atoms with Gasteiger partial charge in [-0.15, -0.1) is 0 Å². The molecule has 2 fully saturated rings. The molecule has 0 N–H and O–H groups in total. The zero-order chi connectivity index (χ0) is 16.9. The molecule has 2 heterocycles. The number of hydrogen-bond donors (Lipinski definition) is 0. The number of amides is 1. The van der Waals surface area contributed by atoms with Gasteiger partial charge in [0.25, 0.3) is 0 Å². The van der Waals surface area contributed by atoms with Gasteiger partial charge < -0.3 is 14.5 Å². The lowest BCUT2D eigenvalue weighted by atomic mass is 10.2. The lowest BCUT2D eigenvalue weighted by Gasteiger charge is -2.37. The fourth-order valence-electron chi connectivity index (χ4n) is 3.37. The number of halogens is 1. The molecule has 24 heavy (non-hydrogen) atoms. The van der Waals surface area contributed by atoms with Gasteiger partial charge in [0.05, 0.1) is 12.7 Å². The summed E-state index contributed by atoms with van der Waals surface area (Å²) in [5.41, 5.74) is 1.02. The summed E-state index contributed by atoms with van der Waals surface area (Å²) in [5.74, 6) is 0.0119. The van der Waals surface area contributed by atoms with E-state index in [0.717, 1.165) is 58.1 Å². The van der Waals surface area contributed by atoms with E-state index in [2.05, 4.69) is 16.7 Å². The molecule has 5 nitrogen and oxygen atoms in total. The maximum atomic E-state index is 13.0. The van der Waals surface area contributed by atoms with Crippen LogP contribution in [0.4, 0.5) is 10.1 Å². The molecule has 0 radical (unpaired) electrons. The van der Waals surface area contributed by atoms with Crippen LogP contribution < -0.4 is 4.90 Å². The van der Waals surface area contributed by atoms with Crippen molar-refractivity contribution in [3.63, 3.8) is 0 Å². The first-order chi connectivity index (χ1) is 11.6. The van der Waals surface area contributed by atoms with E-state index < -0.39 is 0 Å². The molecule has 2 aliphatic rings. The van der Waals surface area contributed by atoms with Gasteiger partial charge in [0.2, 0.25) is 5.91 Å². The van der Waals surface area contributed by atoms with Crippen LogP contribution in [0.2, 0.25) is 0 Å². The Hall–Kier alpha value is -1.66. The van der Waals surface area contributed by atoms with Crippen LogP contribution in [0.1, 0.15) is 13.3 Å². The predicted octanol–water partition coefficient (Wildman–Crippen LogP) is 1.59. The average molecular weight is 335 g/mol. The Bertz CT molecular complexity index is 544. The van der Waals surface area contributed by atoms with Crippen LogP contribution in [0.3, 0.4) is 0 Å². The van der Waals surface area contributed by atoms with E-state index in [1.807, 2.05) is 4.90 Å². The minimum Gasteiger partial charge on any atom is -0.376 e. The zero-order valence-electron chi connectivity index (χ0n) is 14.3. The van der Waals surface area contributed by atoms with Crippen molar-refractivity contribution in [3.05, 3.63) is 30.1 Å². The Morgan fingerprint density at radius 3 is 2.54 bits per heavy atom. The van der Waals surface area contributed by atoms with Gasteiger partial charge in [-0.1, -0.05) is 0 Å². The second-order valence-corrected chi connectivity index (χ2v) is 6.58. The molecular weight excluding hydrogens is 309 g/mol. The first-order valence-corrected chi connectivity index (χ1v) is 8.74. The summed E-state index contributed by atoms with van der Waals surface area (Å²) in [6.07, 6.45) is 0.830. The van der Waals surface area contributed by atoms with E-state index in [1.54, 1.807) is 12.1 Å². The Kier molecular flexibility index (Phi) is 5.68. The molecule has 3 rings (SSSR count). The maximum absolute atomic E-state index is 13.0. The van der Waals surface area contributed by atoms with Gasteiger partial charge in [-0.05, 0) is 31.2 Å². The Morgan fingerprint density at radius 2 is 1.88 bits per heavy atom. The number of carbonyl (C=O) groups is 1. The van der Waals surface area contributed by atoms with Gasteiger partial charge in [0.1, 0.15) is 5.82 Å². The summed E-state index contributed by atoms with van der Waals surface area (Å²) < 4.78 is 18.5. The molecule has 1 aromatic rings. The molecule has 1 aromatic carbocycles. The van der Waals surface area contributed by atoms with E-state index in [1.165, 1.54) is 12.1 Å². The fourth-order valence-corrected chi connectivity index (χ4v) is 3.37. The monoisotopic (exact) mass is 335 g/mol. The minimum atomic E-state index is -0.218. The topological polar surface area (TPSA) is 36.0 Å². The highest BCUT2D eigenvalue weighted by Gasteiger charge is 2.23. The molecule has 0 aromatic heterocycles. The van der Waals surface area contributed by atoms with E-state index in [4.69, 9.17) is 4.74 Å². The van der Waals surface area contributed by atoms with Crippen molar-refractivity contribution in [3.8, 4) is 0 Å². The van der Waals surface area contributed by atoms with Crippen molar-refractivity contribution in [1.29, 1.82) is 0 Å². The number of nitrogens with zero attached hydrogens (tertiary/aromatic N) is 3. The third kappa shape index (κ3) is 4.45. The zero-order valence-corrected chi connectivity index (χ0v) is 14.3. The fraction of sp³-hybridized carbons (Fsp3) is 0.611. The van der Waals surface area contributed by atoms with Crippen molar-refractivity contribution in [1.82, 2.24) is 9.80 Å². The molecule has 6 heteroatoms. The maximum Gasteiger partial charge on any atom is 0.223 e. The highest BCUT2D eigenvalue weighted by Crippen LogP contribution is 2.17. The smallest absolute Gasteiger partial charge is 0.223 e. The van der Waals surface area contributed by atoms with Crippen molar-refractivity contribution in [2.24, 2.45) is 0 Å². The number of hydrogen-bond acceptors (Lipinski definition) is 4. The molecule has 1 atom stereocenters. The number of morpholine rings is 1. The highest BCUT2D eigenvalue weighted by atomic mass is 19.1. The van der Waals surface area contributed by atoms with Crippen molar-refractivity contribution >= 4 is 11.6 Å². The number of anilines is 1. The van der Waals surface area contributed by atoms with E-state index in [-0.39, 0.29) is 17.8 Å². The molecule has 1 amide bonds. The number of piperazine rings is 1. The standard InChI is InChI=1S/C18H26FN3O2/c1-15-14-20(12-13-24-15)7-6-18(23)22-10-8-21(9-11-22)17-4-2-16(19)3-5-17/h2-5,15H,6-14H2,1H3. The van der Waals surface area contributed by atoms with Crippen LogP contribution in [-0.4, -0.2) is 74.2 Å². The third-order valence-corrected chi connectivity index (χ3v) is 4.79. The van der Waals surface area contributed by atoms with Crippen LogP contribution in [0.5, 0.6) is 0 Å². The van der Waals surface area contributed by atoms with Crippen LogP contribution in [-0.2, 0) is 9.53 Å². The highest BCUT2D eigenvalue weighted by molar-refractivity contribution is 5.76. The molecule has 0 spiro atoms. The summed E-state index contributed by atoms with van der Waals surface area (Å²) >= 11 is 0. The summed E-state index contributed by atoms with van der Waals surface area (Å²) in [5, 5.41) is 0. The average Bonchev–Trinajstić information content (AvgIpc) is 2.61. The molecule has 0 aliphatic carbocycles. The van der Waals surface area contributed by atoms with E-state index >= 15 is 0 Å². The quantitative estimate of drug-likeness (QED) is 0.837. The van der Waals surface area contributed by atoms with Gasteiger partial charge in [-0.25, -0.2) is 4.39 Å². The van der Waals surface area contributed by atoms with Crippen molar-refractivity contribution in [2.75, 3.05) is 57.3 Å². The molecule has 0 saturated carbocycles.